The number of hydrogen-bond donors (Lipinski definition) is 2. The molecule has 6 nitrogen and oxygen atoms in total. The zero-order chi connectivity index (χ0) is 21.8. The average Bonchev–Trinajstić information content (AvgIpc) is 3.39. The minimum absolute atomic E-state index is 0.0347. The van der Waals surface area contributed by atoms with E-state index in [0.717, 1.165) is 34.0 Å². The highest BCUT2D eigenvalue weighted by Crippen LogP contribution is 2.31. The van der Waals surface area contributed by atoms with Gasteiger partial charge in [0.2, 0.25) is 5.91 Å². The number of hydrogen-bond acceptors (Lipinski definition) is 6. The highest BCUT2D eigenvalue weighted by atomic mass is 35.5. The minimum Gasteiger partial charge on any atom is -0.376 e. The first-order valence-electron chi connectivity index (χ1n) is 9.66. The van der Waals surface area contributed by atoms with Gasteiger partial charge in [-0.05, 0) is 49.2 Å². The highest BCUT2D eigenvalue weighted by molar-refractivity contribution is 8.01. The van der Waals surface area contributed by atoms with Gasteiger partial charge in [-0.15, -0.1) is 11.3 Å². The van der Waals surface area contributed by atoms with Crippen LogP contribution in [-0.4, -0.2) is 41.8 Å². The largest absolute Gasteiger partial charge is 0.376 e. The number of carbonyl (C=O) groups excluding carboxylic acids is 2. The molecule has 2 aromatic carbocycles. The summed E-state index contributed by atoms with van der Waals surface area (Å²) < 4.78 is 7.23. The number of benzene rings is 2. The lowest BCUT2D eigenvalue weighted by Crippen LogP contribution is -2.32. The van der Waals surface area contributed by atoms with Crippen molar-refractivity contribution in [1.82, 2.24) is 10.3 Å². The first-order valence-corrected chi connectivity index (χ1v) is 12.2. The van der Waals surface area contributed by atoms with Gasteiger partial charge in [0, 0.05) is 23.9 Å². The SMILES string of the molecule is O=C(CSc1nc2ccc(NC(=O)c3ccc(Cl)cc3Cl)cc2s1)NC[C@@H]1CCCO1. The smallest absolute Gasteiger partial charge is 0.257 e. The molecule has 2 amide bonds. The average molecular weight is 496 g/mol. The van der Waals surface area contributed by atoms with Crippen LogP contribution in [0.3, 0.4) is 0 Å². The number of aromatic nitrogens is 1. The third-order valence-electron chi connectivity index (χ3n) is 4.68. The maximum Gasteiger partial charge on any atom is 0.257 e. The molecule has 0 bridgehead atoms. The Morgan fingerprint density at radius 1 is 1.23 bits per heavy atom. The molecule has 0 radical (unpaired) electrons. The van der Waals surface area contributed by atoms with E-state index in [4.69, 9.17) is 27.9 Å². The van der Waals surface area contributed by atoms with Crippen LogP contribution in [0, 0.1) is 0 Å². The van der Waals surface area contributed by atoms with E-state index in [0.29, 0.717) is 33.6 Å². The van der Waals surface area contributed by atoms with Crippen LogP contribution in [0.2, 0.25) is 10.0 Å². The van der Waals surface area contributed by atoms with Crippen LogP contribution in [0.4, 0.5) is 5.69 Å². The summed E-state index contributed by atoms with van der Waals surface area (Å²) in [4.78, 5) is 29.1. The second-order valence-electron chi connectivity index (χ2n) is 6.97. The molecule has 0 spiro atoms. The van der Waals surface area contributed by atoms with Crippen LogP contribution in [0.5, 0.6) is 0 Å². The Labute approximate surface area is 197 Å². The van der Waals surface area contributed by atoms with E-state index < -0.39 is 0 Å². The van der Waals surface area contributed by atoms with E-state index in [9.17, 15) is 9.59 Å². The summed E-state index contributed by atoms with van der Waals surface area (Å²) in [6.07, 6.45) is 2.18. The Balaban J connectivity index is 1.35. The number of anilines is 1. The number of nitrogens with zero attached hydrogens (tertiary/aromatic N) is 1. The summed E-state index contributed by atoms with van der Waals surface area (Å²) in [5, 5.41) is 6.51. The molecule has 0 unspecified atom stereocenters. The molecule has 162 valence electrons. The Kier molecular flexibility index (Phi) is 7.35. The Hall–Kier alpha value is -1.84. The fourth-order valence-corrected chi connectivity index (χ4v) is 5.56. The van der Waals surface area contributed by atoms with Gasteiger partial charge in [-0.2, -0.15) is 0 Å². The molecule has 1 atom stereocenters. The monoisotopic (exact) mass is 495 g/mol. The van der Waals surface area contributed by atoms with Crippen LogP contribution in [0.15, 0.2) is 40.7 Å². The van der Waals surface area contributed by atoms with E-state index in [-0.39, 0.29) is 17.9 Å². The Bertz CT molecular complexity index is 1120. The van der Waals surface area contributed by atoms with Crippen molar-refractivity contribution in [3.8, 4) is 0 Å². The van der Waals surface area contributed by atoms with Gasteiger partial charge in [0.05, 0.1) is 32.7 Å². The molecule has 2 heterocycles. The lowest BCUT2D eigenvalue weighted by atomic mass is 10.2. The molecule has 10 heteroatoms. The summed E-state index contributed by atoms with van der Waals surface area (Å²) in [5.41, 5.74) is 1.80. The molecule has 31 heavy (non-hydrogen) atoms. The van der Waals surface area contributed by atoms with Crippen molar-refractivity contribution < 1.29 is 14.3 Å². The van der Waals surface area contributed by atoms with Gasteiger partial charge in [0.15, 0.2) is 4.34 Å². The zero-order valence-electron chi connectivity index (χ0n) is 16.3. The molecule has 0 saturated carbocycles. The lowest BCUT2D eigenvalue weighted by Gasteiger charge is -2.09. The van der Waals surface area contributed by atoms with Crippen LogP contribution in [0.1, 0.15) is 23.2 Å². The summed E-state index contributed by atoms with van der Waals surface area (Å²) in [6, 6.07) is 10.2. The molecule has 1 fully saturated rings. The molecule has 3 aromatic rings. The van der Waals surface area contributed by atoms with E-state index in [2.05, 4.69) is 15.6 Å². The van der Waals surface area contributed by atoms with Crippen LogP contribution in [0.25, 0.3) is 10.2 Å². The number of rotatable bonds is 7. The second-order valence-corrected chi connectivity index (χ2v) is 10.1. The maximum atomic E-state index is 12.5. The maximum absolute atomic E-state index is 12.5. The fraction of sp³-hybridized carbons (Fsp3) is 0.286. The minimum atomic E-state index is -0.317. The number of nitrogens with one attached hydrogen (secondary N) is 2. The molecule has 1 aromatic heterocycles. The molecular weight excluding hydrogens is 477 g/mol. The molecule has 2 N–H and O–H groups in total. The molecule has 4 rings (SSSR count). The lowest BCUT2D eigenvalue weighted by molar-refractivity contribution is -0.119. The van der Waals surface area contributed by atoms with Crippen LogP contribution in [-0.2, 0) is 9.53 Å². The van der Waals surface area contributed by atoms with Crippen molar-refractivity contribution in [3.05, 3.63) is 52.0 Å². The van der Waals surface area contributed by atoms with Crippen molar-refractivity contribution in [2.45, 2.75) is 23.3 Å². The number of thioether (sulfide) groups is 1. The summed E-state index contributed by atoms with van der Waals surface area (Å²) in [6.45, 7) is 1.33. The van der Waals surface area contributed by atoms with Gasteiger partial charge in [-0.25, -0.2) is 4.98 Å². The molecule has 1 aliphatic heterocycles. The Morgan fingerprint density at radius 3 is 2.87 bits per heavy atom. The van der Waals surface area contributed by atoms with E-state index in [1.54, 1.807) is 18.2 Å². The first kappa shape index (κ1) is 22.4. The standard InChI is InChI=1S/C21H19Cl2N3O3S2/c22-12-3-5-15(16(23)8-12)20(28)25-13-4-6-17-18(9-13)31-21(26-17)30-11-19(27)24-10-14-2-1-7-29-14/h3-6,8-9,14H,1-2,7,10-11H2,(H,24,27)(H,25,28)/t14-/m0/s1. The quantitative estimate of drug-likeness (QED) is 0.437. The molecular formula is C21H19Cl2N3O3S2. The van der Waals surface area contributed by atoms with Crippen molar-refractivity contribution >= 4 is 74.0 Å². The second kappa shape index (κ2) is 10.2. The van der Waals surface area contributed by atoms with Crippen LogP contribution < -0.4 is 10.6 Å². The third-order valence-corrected chi connectivity index (χ3v) is 7.39. The Morgan fingerprint density at radius 2 is 2.10 bits per heavy atom. The van der Waals surface area contributed by atoms with Crippen molar-refractivity contribution in [2.24, 2.45) is 0 Å². The molecule has 1 saturated heterocycles. The van der Waals surface area contributed by atoms with Gasteiger partial charge in [0.1, 0.15) is 0 Å². The van der Waals surface area contributed by atoms with Gasteiger partial charge in [-0.1, -0.05) is 35.0 Å². The number of halogens is 2. The van der Waals surface area contributed by atoms with Gasteiger partial charge in [-0.3, -0.25) is 9.59 Å². The van der Waals surface area contributed by atoms with Crippen LogP contribution >= 0.6 is 46.3 Å². The summed E-state index contributed by atoms with van der Waals surface area (Å²) in [7, 11) is 0. The van der Waals surface area contributed by atoms with Gasteiger partial charge < -0.3 is 15.4 Å². The van der Waals surface area contributed by atoms with Gasteiger partial charge >= 0.3 is 0 Å². The summed E-state index contributed by atoms with van der Waals surface area (Å²) >= 11 is 14.9. The molecule has 0 aliphatic carbocycles. The number of fused-ring (bicyclic) bond motifs is 1. The van der Waals surface area contributed by atoms with E-state index in [1.807, 2.05) is 12.1 Å². The number of ether oxygens (including phenoxy) is 1. The summed E-state index contributed by atoms with van der Waals surface area (Å²) in [5.74, 6) is -0.0545. The van der Waals surface area contributed by atoms with Crippen molar-refractivity contribution in [1.29, 1.82) is 0 Å². The predicted octanol–water partition coefficient (Wildman–Crippen LogP) is 5.24. The van der Waals surface area contributed by atoms with E-state index >= 15 is 0 Å². The number of thiazole rings is 1. The fourth-order valence-electron chi connectivity index (χ4n) is 3.13. The normalized spacial score (nSPS) is 15.9. The molecule has 1 aliphatic rings. The van der Waals surface area contributed by atoms with Crippen molar-refractivity contribution in [3.63, 3.8) is 0 Å². The van der Waals surface area contributed by atoms with Crippen molar-refractivity contribution in [2.75, 3.05) is 24.2 Å². The van der Waals surface area contributed by atoms with E-state index in [1.165, 1.54) is 29.2 Å². The topological polar surface area (TPSA) is 80.3 Å². The first-order chi connectivity index (χ1) is 15.0. The van der Waals surface area contributed by atoms with Gasteiger partial charge in [0.25, 0.3) is 5.91 Å². The predicted molar refractivity (Wildman–Crippen MR) is 127 cm³/mol. The number of carbonyl (C=O) groups is 2. The number of amides is 2. The highest BCUT2D eigenvalue weighted by Gasteiger charge is 2.17. The zero-order valence-corrected chi connectivity index (χ0v) is 19.5. The third kappa shape index (κ3) is 5.90.